The molecule has 3 nitrogen and oxygen atoms in total. The molecule has 0 fully saturated rings. The third kappa shape index (κ3) is 3.81. The van der Waals surface area contributed by atoms with Crippen LogP contribution in [0.1, 0.15) is 60.0 Å². The van der Waals surface area contributed by atoms with E-state index in [0.717, 1.165) is 29.8 Å². The van der Waals surface area contributed by atoms with E-state index in [2.05, 4.69) is 83.5 Å². The van der Waals surface area contributed by atoms with Crippen molar-refractivity contribution >= 4 is 5.57 Å². The van der Waals surface area contributed by atoms with Crippen LogP contribution < -0.4 is 4.57 Å². The largest absolute Gasteiger partial charge is 0.287 e. The topological polar surface area (TPSA) is 29.7 Å². The van der Waals surface area contributed by atoms with Crippen LogP contribution in [0.5, 0.6) is 0 Å². The van der Waals surface area contributed by atoms with Crippen LogP contribution in [-0.2, 0) is 19.9 Å². The van der Waals surface area contributed by atoms with Crippen LogP contribution in [0.25, 0.3) is 16.8 Å². The second-order valence-electron chi connectivity index (χ2n) is 9.90. The minimum absolute atomic E-state index is 0.261. The van der Waals surface area contributed by atoms with E-state index in [1.165, 1.54) is 39.1 Å². The molecule has 0 atom stereocenters. The fourth-order valence-electron chi connectivity index (χ4n) is 4.50. The third-order valence-corrected chi connectivity index (χ3v) is 5.95. The highest BCUT2D eigenvalue weighted by molar-refractivity contribution is 5.84. The lowest BCUT2D eigenvalue weighted by Gasteiger charge is -2.17. The number of rotatable bonds is 3. The molecule has 0 bridgehead atoms. The van der Waals surface area contributed by atoms with E-state index in [1.54, 1.807) is 0 Å². The average Bonchev–Trinajstić information content (AvgIpc) is 3.08. The van der Waals surface area contributed by atoms with Crippen molar-refractivity contribution in [3.05, 3.63) is 82.1 Å². The van der Waals surface area contributed by atoms with Gasteiger partial charge in [-0.15, -0.1) is 0 Å². The quantitative estimate of drug-likeness (QED) is 0.548. The van der Waals surface area contributed by atoms with Gasteiger partial charge in [0, 0.05) is 23.8 Å². The predicted octanol–water partition coefficient (Wildman–Crippen LogP) is 5.47. The monoisotopic (exact) mass is 398 g/mol. The first-order valence-corrected chi connectivity index (χ1v) is 10.8. The molecule has 1 aliphatic carbocycles. The Morgan fingerprint density at radius 3 is 2.47 bits per heavy atom. The van der Waals surface area contributed by atoms with Gasteiger partial charge in [0.2, 0.25) is 0 Å². The van der Waals surface area contributed by atoms with Crippen LogP contribution in [0.2, 0.25) is 0 Å². The fraction of sp³-hybridized carbons (Fsp3) is 0.370. The Kier molecular flexibility index (Phi) is 5.09. The number of hydrogen-bond acceptors (Lipinski definition) is 2. The number of benzene rings is 1. The zero-order chi connectivity index (χ0) is 21.6. The molecule has 154 valence electrons. The van der Waals surface area contributed by atoms with Gasteiger partial charge in [0.1, 0.15) is 5.69 Å². The highest BCUT2D eigenvalue weighted by Gasteiger charge is 2.29. The van der Waals surface area contributed by atoms with Gasteiger partial charge in [-0.1, -0.05) is 44.5 Å². The highest BCUT2D eigenvalue weighted by Crippen LogP contribution is 2.36. The van der Waals surface area contributed by atoms with E-state index in [0.29, 0.717) is 0 Å². The molecule has 0 saturated heterocycles. The van der Waals surface area contributed by atoms with E-state index in [1.807, 2.05) is 12.5 Å². The standard InChI is InChI=1S/C27H32N3/c1-17-12-18(2)19(3)23(13-17)26-22-10-9-21(25(22)29-16-30(26)7)24-11-8-20(15-28-24)14-27(4,5)6/h8-9,11-13,15-16H,10,14H2,1-7H3/q+1. The Labute approximate surface area is 180 Å². The SMILES string of the molecule is Cc1cc(C)c(C)c(-c2c3c(nc[n+]2C)C(c2ccc(CC(C)(C)C)cn2)=CC3)c1. The summed E-state index contributed by atoms with van der Waals surface area (Å²) in [6.07, 6.45) is 8.17. The van der Waals surface area contributed by atoms with E-state index < -0.39 is 0 Å². The number of nitrogens with zero attached hydrogens (tertiary/aromatic N) is 3. The number of aromatic nitrogens is 3. The lowest BCUT2D eigenvalue weighted by atomic mass is 9.89. The maximum atomic E-state index is 4.81. The summed E-state index contributed by atoms with van der Waals surface area (Å²) < 4.78 is 2.16. The molecule has 0 N–H and O–H groups in total. The first kappa shape index (κ1) is 20.5. The van der Waals surface area contributed by atoms with Gasteiger partial charge in [-0.25, -0.2) is 4.57 Å². The van der Waals surface area contributed by atoms with E-state index in [4.69, 9.17) is 9.97 Å². The summed E-state index contributed by atoms with van der Waals surface area (Å²) >= 11 is 0. The summed E-state index contributed by atoms with van der Waals surface area (Å²) in [5.74, 6) is 0. The fourth-order valence-corrected chi connectivity index (χ4v) is 4.50. The molecule has 0 amide bonds. The number of allylic oxidation sites excluding steroid dienone is 1. The first-order valence-electron chi connectivity index (χ1n) is 10.8. The van der Waals surface area contributed by atoms with E-state index >= 15 is 0 Å². The number of aryl methyl sites for hydroxylation is 3. The lowest BCUT2D eigenvalue weighted by Crippen LogP contribution is -2.33. The first-order chi connectivity index (χ1) is 14.1. The summed E-state index contributed by atoms with van der Waals surface area (Å²) in [7, 11) is 2.09. The van der Waals surface area contributed by atoms with E-state index in [9.17, 15) is 0 Å². The molecule has 0 saturated carbocycles. The number of fused-ring (bicyclic) bond motifs is 1. The van der Waals surface area contributed by atoms with Crippen molar-refractivity contribution in [3.8, 4) is 11.3 Å². The second kappa shape index (κ2) is 7.46. The van der Waals surface area contributed by atoms with Crippen LogP contribution >= 0.6 is 0 Å². The Balaban J connectivity index is 1.76. The van der Waals surface area contributed by atoms with Gasteiger partial charge in [0.15, 0.2) is 5.69 Å². The van der Waals surface area contributed by atoms with Crippen LogP contribution in [0.4, 0.5) is 0 Å². The summed E-state index contributed by atoms with van der Waals surface area (Å²) in [5.41, 5.74) is 12.6. The molecular formula is C27H32N3+. The van der Waals surface area contributed by atoms with Crippen LogP contribution in [-0.4, -0.2) is 9.97 Å². The molecule has 0 spiro atoms. The van der Waals surface area contributed by atoms with Crippen LogP contribution in [0.3, 0.4) is 0 Å². The van der Waals surface area contributed by atoms with Gasteiger partial charge >= 0.3 is 0 Å². The zero-order valence-corrected chi connectivity index (χ0v) is 19.3. The van der Waals surface area contributed by atoms with Crippen molar-refractivity contribution in [3.63, 3.8) is 0 Å². The minimum Gasteiger partial charge on any atom is -0.256 e. The van der Waals surface area contributed by atoms with Gasteiger partial charge in [-0.05, 0) is 66.4 Å². The molecule has 3 aromatic rings. The number of pyridine rings is 1. The lowest BCUT2D eigenvalue weighted by molar-refractivity contribution is -0.663. The average molecular weight is 399 g/mol. The summed E-state index contributed by atoms with van der Waals surface area (Å²) in [5, 5.41) is 0. The van der Waals surface area contributed by atoms with Gasteiger partial charge < -0.3 is 0 Å². The molecule has 0 unspecified atom stereocenters. The smallest absolute Gasteiger partial charge is 0.256 e. The van der Waals surface area contributed by atoms with Gasteiger partial charge in [-0.3, -0.25) is 4.98 Å². The molecule has 4 rings (SSSR count). The van der Waals surface area contributed by atoms with Crippen molar-refractivity contribution < 1.29 is 4.57 Å². The Hall–Kier alpha value is -2.81. The maximum absolute atomic E-state index is 4.81. The predicted molar refractivity (Wildman–Crippen MR) is 123 cm³/mol. The molecule has 30 heavy (non-hydrogen) atoms. The molecule has 0 aliphatic heterocycles. The van der Waals surface area contributed by atoms with Gasteiger partial charge in [0.05, 0.1) is 18.3 Å². The second-order valence-corrected chi connectivity index (χ2v) is 9.90. The molecule has 3 heteroatoms. The summed E-state index contributed by atoms with van der Waals surface area (Å²) in [6, 6.07) is 8.92. The molecule has 2 heterocycles. The van der Waals surface area contributed by atoms with Crippen LogP contribution in [0, 0.1) is 26.2 Å². The Morgan fingerprint density at radius 2 is 1.80 bits per heavy atom. The Bertz CT molecular complexity index is 1150. The highest BCUT2D eigenvalue weighted by atomic mass is 15.0. The van der Waals surface area contributed by atoms with Crippen molar-refractivity contribution in [2.75, 3.05) is 0 Å². The van der Waals surface area contributed by atoms with Crippen molar-refractivity contribution in [2.45, 2.75) is 54.4 Å². The zero-order valence-electron chi connectivity index (χ0n) is 19.3. The minimum atomic E-state index is 0.261. The summed E-state index contributed by atoms with van der Waals surface area (Å²) in [4.78, 5) is 9.61. The normalized spacial score (nSPS) is 13.4. The summed E-state index contributed by atoms with van der Waals surface area (Å²) in [6.45, 7) is 13.4. The molecular weight excluding hydrogens is 366 g/mol. The van der Waals surface area contributed by atoms with Crippen molar-refractivity contribution in [2.24, 2.45) is 12.5 Å². The molecule has 1 aliphatic rings. The molecule has 1 aromatic carbocycles. The third-order valence-electron chi connectivity index (χ3n) is 5.95. The van der Waals surface area contributed by atoms with Gasteiger partial charge in [0.25, 0.3) is 6.33 Å². The van der Waals surface area contributed by atoms with Crippen molar-refractivity contribution in [1.82, 2.24) is 9.97 Å². The van der Waals surface area contributed by atoms with Crippen LogP contribution in [0.15, 0.2) is 42.9 Å². The molecule has 0 radical (unpaired) electrons. The Morgan fingerprint density at radius 1 is 1.03 bits per heavy atom. The number of hydrogen-bond donors (Lipinski definition) is 0. The molecule has 2 aromatic heterocycles. The van der Waals surface area contributed by atoms with E-state index in [-0.39, 0.29) is 5.41 Å². The van der Waals surface area contributed by atoms with Crippen molar-refractivity contribution in [1.29, 1.82) is 0 Å². The van der Waals surface area contributed by atoms with Gasteiger partial charge in [-0.2, -0.15) is 0 Å². The maximum Gasteiger partial charge on any atom is 0.287 e.